The molecule has 2 rings (SSSR count). The lowest BCUT2D eigenvalue weighted by atomic mass is 9.94. The molecule has 0 bridgehead atoms. The Morgan fingerprint density at radius 3 is 2.61 bits per heavy atom. The van der Waals surface area contributed by atoms with E-state index in [1.165, 1.54) is 6.42 Å². The van der Waals surface area contributed by atoms with Crippen molar-refractivity contribution >= 4 is 29.9 Å². The first-order chi connectivity index (χ1) is 13.1. The molecule has 2 heterocycles. The summed E-state index contributed by atoms with van der Waals surface area (Å²) >= 11 is 0. The van der Waals surface area contributed by atoms with Gasteiger partial charge in [-0.1, -0.05) is 13.8 Å². The lowest BCUT2D eigenvalue weighted by molar-refractivity contribution is -0.0367. The lowest BCUT2D eigenvalue weighted by Crippen LogP contribution is -2.47. The second kappa shape index (κ2) is 14.8. The van der Waals surface area contributed by atoms with Crippen LogP contribution in [0.25, 0.3) is 0 Å². The Labute approximate surface area is 188 Å². The number of aliphatic imine (C=N–C) groups is 1. The first kappa shape index (κ1) is 25.9. The zero-order chi connectivity index (χ0) is 19.5. The Bertz CT molecular complexity index is 423. The van der Waals surface area contributed by atoms with Crippen molar-refractivity contribution in [1.29, 1.82) is 0 Å². The minimum atomic E-state index is 0. The van der Waals surface area contributed by atoms with Crippen LogP contribution in [0.3, 0.4) is 0 Å². The van der Waals surface area contributed by atoms with Crippen LogP contribution in [0.4, 0.5) is 0 Å². The van der Waals surface area contributed by atoms with Crippen LogP contribution in [0.15, 0.2) is 4.99 Å². The molecule has 0 radical (unpaired) electrons. The molecule has 2 aliphatic rings. The first-order valence-corrected chi connectivity index (χ1v) is 11.0. The van der Waals surface area contributed by atoms with Gasteiger partial charge in [0.2, 0.25) is 0 Å². The number of aliphatic hydroxyl groups excluding tert-OH is 1. The summed E-state index contributed by atoms with van der Waals surface area (Å²) in [6.07, 6.45) is 7.00. The quantitative estimate of drug-likeness (QED) is 0.268. The lowest BCUT2D eigenvalue weighted by Gasteiger charge is -2.34. The molecule has 0 saturated carbocycles. The number of hydrogen-bond acceptors (Lipinski definition) is 4. The summed E-state index contributed by atoms with van der Waals surface area (Å²) in [4.78, 5) is 7.26. The van der Waals surface area contributed by atoms with Gasteiger partial charge in [0.1, 0.15) is 0 Å². The molecule has 0 aromatic rings. The van der Waals surface area contributed by atoms with Crippen molar-refractivity contribution in [2.24, 2.45) is 16.8 Å². The standard InChI is InChI=1S/C21H41N3O3.HI/c1-4-22-21(23-15-18(9-12-25)14-17(2)3)24-10-7-19(8-11-24)27-16-20-6-5-13-26-20;/h17-20,25H,4-16H2,1-3H3,(H,22,23);1H. The van der Waals surface area contributed by atoms with Gasteiger partial charge in [-0.3, -0.25) is 4.99 Å². The molecule has 2 saturated heterocycles. The van der Waals surface area contributed by atoms with Crippen molar-refractivity contribution in [3.8, 4) is 0 Å². The third kappa shape index (κ3) is 9.59. The zero-order valence-corrected chi connectivity index (χ0v) is 20.4. The minimum absolute atomic E-state index is 0. The summed E-state index contributed by atoms with van der Waals surface area (Å²) in [6, 6.07) is 0. The second-order valence-electron chi connectivity index (χ2n) is 8.36. The molecular formula is C21H42IN3O3. The summed E-state index contributed by atoms with van der Waals surface area (Å²) in [6.45, 7) is 12.1. The van der Waals surface area contributed by atoms with E-state index in [-0.39, 0.29) is 30.6 Å². The van der Waals surface area contributed by atoms with Crippen LogP contribution in [-0.2, 0) is 9.47 Å². The molecule has 0 amide bonds. The van der Waals surface area contributed by atoms with Gasteiger partial charge in [-0.15, -0.1) is 24.0 Å². The molecule has 7 heteroatoms. The summed E-state index contributed by atoms with van der Waals surface area (Å²) < 4.78 is 11.7. The predicted octanol–water partition coefficient (Wildman–Crippen LogP) is 3.27. The van der Waals surface area contributed by atoms with Gasteiger partial charge in [-0.25, -0.2) is 0 Å². The van der Waals surface area contributed by atoms with Crippen LogP contribution in [0.1, 0.15) is 59.3 Å². The van der Waals surface area contributed by atoms with E-state index in [2.05, 4.69) is 31.0 Å². The fourth-order valence-corrected chi connectivity index (χ4v) is 4.03. The van der Waals surface area contributed by atoms with Gasteiger partial charge in [0, 0.05) is 39.4 Å². The van der Waals surface area contributed by atoms with E-state index in [1.807, 2.05) is 0 Å². The van der Waals surface area contributed by atoms with Crippen molar-refractivity contribution in [2.45, 2.75) is 71.5 Å². The number of ether oxygens (including phenoxy) is 2. The Morgan fingerprint density at radius 2 is 2.04 bits per heavy atom. The van der Waals surface area contributed by atoms with E-state index in [1.54, 1.807) is 0 Å². The number of halogens is 1. The Morgan fingerprint density at radius 1 is 1.29 bits per heavy atom. The zero-order valence-electron chi connectivity index (χ0n) is 18.1. The second-order valence-corrected chi connectivity index (χ2v) is 8.36. The monoisotopic (exact) mass is 511 g/mol. The molecule has 0 spiro atoms. The maximum atomic E-state index is 9.33. The average molecular weight is 511 g/mol. The van der Waals surface area contributed by atoms with Crippen LogP contribution in [0, 0.1) is 11.8 Å². The fourth-order valence-electron chi connectivity index (χ4n) is 4.03. The highest BCUT2D eigenvalue weighted by Gasteiger charge is 2.24. The van der Waals surface area contributed by atoms with Crippen molar-refractivity contribution in [3.63, 3.8) is 0 Å². The Hall–Kier alpha value is -0.120. The van der Waals surface area contributed by atoms with E-state index >= 15 is 0 Å². The summed E-state index contributed by atoms with van der Waals surface area (Å²) in [7, 11) is 0. The molecule has 2 atom stereocenters. The van der Waals surface area contributed by atoms with E-state index in [9.17, 15) is 5.11 Å². The molecule has 2 fully saturated rings. The number of guanidine groups is 1. The maximum absolute atomic E-state index is 9.33. The van der Waals surface area contributed by atoms with Gasteiger partial charge >= 0.3 is 0 Å². The van der Waals surface area contributed by atoms with Crippen LogP contribution in [-0.4, -0.2) is 74.2 Å². The first-order valence-electron chi connectivity index (χ1n) is 11.0. The van der Waals surface area contributed by atoms with Crippen molar-refractivity contribution in [1.82, 2.24) is 10.2 Å². The van der Waals surface area contributed by atoms with Gasteiger partial charge in [0.25, 0.3) is 0 Å². The molecule has 2 unspecified atom stereocenters. The highest BCUT2D eigenvalue weighted by Crippen LogP contribution is 2.19. The molecule has 0 aromatic carbocycles. The summed E-state index contributed by atoms with van der Waals surface area (Å²) in [5.74, 6) is 2.11. The predicted molar refractivity (Wildman–Crippen MR) is 126 cm³/mol. The topological polar surface area (TPSA) is 66.3 Å². The van der Waals surface area contributed by atoms with Crippen molar-refractivity contribution in [3.05, 3.63) is 0 Å². The maximum Gasteiger partial charge on any atom is 0.193 e. The molecule has 0 aliphatic carbocycles. The number of nitrogens with one attached hydrogen (secondary N) is 1. The summed E-state index contributed by atoms with van der Waals surface area (Å²) in [5.41, 5.74) is 0. The minimum Gasteiger partial charge on any atom is -0.396 e. The van der Waals surface area contributed by atoms with Gasteiger partial charge in [0.05, 0.1) is 18.8 Å². The number of piperidine rings is 1. The number of nitrogens with zero attached hydrogens (tertiary/aromatic N) is 2. The smallest absolute Gasteiger partial charge is 0.193 e. The average Bonchev–Trinajstić information content (AvgIpc) is 3.17. The van der Waals surface area contributed by atoms with E-state index in [0.29, 0.717) is 24.0 Å². The highest BCUT2D eigenvalue weighted by molar-refractivity contribution is 14.0. The number of aliphatic hydroxyl groups is 1. The third-order valence-corrected chi connectivity index (χ3v) is 5.46. The van der Waals surface area contributed by atoms with Gasteiger partial charge in [-0.2, -0.15) is 0 Å². The van der Waals surface area contributed by atoms with Crippen LogP contribution in [0.5, 0.6) is 0 Å². The van der Waals surface area contributed by atoms with Gasteiger partial charge in [0.15, 0.2) is 5.96 Å². The molecular weight excluding hydrogens is 469 g/mol. The molecule has 0 aromatic heterocycles. The molecule has 2 N–H and O–H groups in total. The summed E-state index contributed by atoms with van der Waals surface area (Å²) in [5, 5.41) is 12.8. The fraction of sp³-hybridized carbons (Fsp3) is 0.952. The molecule has 6 nitrogen and oxygen atoms in total. The van der Waals surface area contributed by atoms with Crippen molar-refractivity contribution in [2.75, 3.05) is 46.0 Å². The van der Waals surface area contributed by atoms with E-state index < -0.39 is 0 Å². The van der Waals surface area contributed by atoms with Gasteiger partial charge < -0.3 is 24.8 Å². The van der Waals surface area contributed by atoms with Gasteiger partial charge in [-0.05, 0) is 57.3 Å². The number of rotatable bonds is 10. The normalized spacial score (nSPS) is 22.4. The largest absolute Gasteiger partial charge is 0.396 e. The van der Waals surface area contributed by atoms with Crippen LogP contribution >= 0.6 is 24.0 Å². The molecule has 28 heavy (non-hydrogen) atoms. The Balaban J connectivity index is 0.00000392. The third-order valence-electron chi connectivity index (χ3n) is 5.46. The van der Waals surface area contributed by atoms with E-state index in [0.717, 1.165) is 77.5 Å². The SMILES string of the molecule is CCNC(=NCC(CCO)CC(C)C)N1CCC(OCC2CCCO2)CC1.I. The molecule has 2 aliphatic heterocycles. The highest BCUT2D eigenvalue weighted by atomic mass is 127. The van der Waals surface area contributed by atoms with Crippen molar-refractivity contribution < 1.29 is 14.6 Å². The van der Waals surface area contributed by atoms with Crippen LogP contribution in [0.2, 0.25) is 0 Å². The Kier molecular flexibility index (Phi) is 13.7. The van der Waals surface area contributed by atoms with E-state index in [4.69, 9.17) is 14.5 Å². The number of likely N-dealkylation sites (tertiary alicyclic amines) is 1. The number of hydrogen-bond donors (Lipinski definition) is 2. The molecule has 166 valence electrons. The van der Waals surface area contributed by atoms with Crippen LogP contribution < -0.4 is 5.32 Å².